The highest BCUT2D eigenvalue weighted by molar-refractivity contribution is 5.20. The summed E-state index contributed by atoms with van der Waals surface area (Å²) >= 11 is 0. The molecule has 0 aromatic carbocycles. The Balaban J connectivity index is 1.95. The van der Waals surface area contributed by atoms with Gasteiger partial charge in [0.25, 0.3) is 0 Å². The lowest BCUT2D eigenvalue weighted by atomic mass is 9.86. The fourth-order valence-corrected chi connectivity index (χ4v) is 3.21. The zero-order valence-corrected chi connectivity index (χ0v) is 12.8. The van der Waals surface area contributed by atoms with Gasteiger partial charge in [0.1, 0.15) is 11.5 Å². The first-order valence-electron chi connectivity index (χ1n) is 7.53. The lowest BCUT2D eigenvalue weighted by molar-refractivity contribution is 0.157. The number of nitrogens with zero attached hydrogens (tertiary/aromatic N) is 1. The van der Waals surface area contributed by atoms with Crippen LogP contribution in [-0.2, 0) is 13.1 Å². The van der Waals surface area contributed by atoms with E-state index in [9.17, 15) is 0 Å². The molecule has 108 valence electrons. The van der Waals surface area contributed by atoms with Crippen LogP contribution in [0.2, 0.25) is 0 Å². The smallest absolute Gasteiger partial charge is 0.118 e. The van der Waals surface area contributed by atoms with E-state index in [1.807, 2.05) is 7.05 Å². The van der Waals surface area contributed by atoms with Crippen LogP contribution < -0.4 is 5.32 Å². The minimum absolute atomic E-state index is 0.741. The van der Waals surface area contributed by atoms with Gasteiger partial charge in [-0.25, -0.2) is 0 Å². The number of aryl methyl sites for hydroxylation is 1. The fraction of sp³-hybridized carbons (Fsp3) is 0.750. The summed E-state index contributed by atoms with van der Waals surface area (Å²) in [5, 5.41) is 3.14. The van der Waals surface area contributed by atoms with Crippen molar-refractivity contribution in [1.29, 1.82) is 0 Å². The van der Waals surface area contributed by atoms with E-state index in [-0.39, 0.29) is 0 Å². The summed E-state index contributed by atoms with van der Waals surface area (Å²) in [7, 11) is 4.21. The van der Waals surface area contributed by atoms with Crippen LogP contribution in [0.15, 0.2) is 10.5 Å². The summed E-state index contributed by atoms with van der Waals surface area (Å²) in [6.07, 6.45) is 5.48. The van der Waals surface area contributed by atoms with Gasteiger partial charge in [0.15, 0.2) is 0 Å². The van der Waals surface area contributed by atoms with Crippen molar-refractivity contribution in [2.24, 2.45) is 5.92 Å². The van der Waals surface area contributed by atoms with Crippen molar-refractivity contribution in [3.8, 4) is 0 Å². The maximum Gasteiger partial charge on any atom is 0.118 e. The highest BCUT2D eigenvalue weighted by Gasteiger charge is 2.23. The Morgan fingerprint density at radius 1 is 1.42 bits per heavy atom. The van der Waals surface area contributed by atoms with Crippen molar-refractivity contribution >= 4 is 0 Å². The molecule has 1 aromatic heterocycles. The van der Waals surface area contributed by atoms with E-state index in [2.05, 4.69) is 37.2 Å². The molecule has 0 radical (unpaired) electrons. The van der Waals surface area contributed by atoms with Gasteiger partial charge in [-0.3, -0.25) is 4.90 Å². The van der Waals surface area contributed by atoms with E-state index in [0.29, 0.717) is 0 Å². The highest BCUT2D eigenvalue weighted by atomic mass is 16.3. The lowest BCUT2D eigenvalue weighted by Gasteiger charge is -2.34. The minimum Gasteiger partial charge on any atom is -0.465 e. The van der Waals surface area contributed by atoms with Crippen LogP contribution in [-0.4, -0.2) is 25.0 Å². The molecule has 2 unspecified atom stereocenters. The average molecular weight is 264 g/mol. The third kappa shape index (κ3) is 3.83. The molecule has 0 spiro atoms. The topological polar surface area (TPSA) is 28.4 Å². The summed E-state index contributed by atoms with van der Waals surface area (Å²) in [4.78, 5) is 2.51. The minimum atomic E-state index is 0.741. The summed E-state index contributed by atoms with van der Waals surface area (Å²) < 4.78 is 5.78. The van der Waals surface area contributed by atoms with Crippen LogP contribution in [0.5, 0.6) is 0 Å². The Kier molecular flexibility index (Phi) is 5.06. The van der Waals surface area contributed by atoms with Gasteiger partial charge in [0, 0.05) is 18.2 Å². The van der Waals surface area contributed by atoms with Gasteiger partial charge < -0.3 is 9.73 Å². The first kappa shape index (κ1) is 14.6. The Labute approximate surface area is 117 Å². The zero-order valence-electron chi connectivity index (χ0n) is 12.8. The second kappa shape index (κ2) is 6.58. The predicted octanol–water partition coefficient (Wildman–Crippen LogP) is 3.32. The molecule has 1 aromatic rings. The third-order valence-corrected chi connectivity index (χ3v) is 4.37. The number of hydrogen-bond acceptors (Lipinski definition) is 3. The third-order valence-electron chi connectivity index (χ3n) is 4.37. The molecule has 0 aliphatic heterocycles. The first-order valence-corrected chi connectivity index (χ1v) is 7.53. The second-order valence-electron chi connectivity index (χ2n) is 6.17. The van der Waals surface area contributed by atoms with Gasteiger partial charge in [0.05, 0.1) is 6.54 Å². The van der Waals surface area contributed by atoms with Crippen LogP contribution in [0, 0.1) is 12.8 Å². The summed E-state index contributed by atoms with van der Waals surface area (Å²) in [6, 6.07) is 2.94. The van der Waals surface area contributed by atoms with E-state index >= 15 is 0 Å². The molecule has 1 fully saturated rings. The Morgan fingerprint density at radius 2 is 2.21 bits per heavy atom. The number of furan rings is 1. The molecule has 1 aliphatic rings. The molecule has 1 aliphatic carbocycles. The highest BCUT2D eigenvalue weighted by Crippen LogP contribution is 2.28. The Bertz CT molecular complexity index is 399. The van der Waals surface area contributed by atoms with Gasteiger partial charge in [-0.1, -0.05) is 19.8 Å². The Morgan fingerprint density at radius 3 is 2.89 bits per heavy atom. The van der Waals surface area contributed by atoms with E-state index in [4.69, 9.17) is 4.42 Å². The zero-order chi connectivity index (χ0) is 13.8. The summed E-state index contributed by atoms with van der Waals surface area (Å²) in [5.41, 5.74) is 1.34. The maximum atomic E-state index is 5.78. The van der Waals surface area contributed by atoms with Crippen LogP contribution >= 0.6 is 0 Å². The monoisotopic (exact) mass is 264 g/mol. The van der Waals surface area contributed by atoms with Crippen molar-refractivity contribution < 1.29 is 4.42 Å². The number of hydrogen-bond donors (Lipinski definition) is 1. The average Bonchev–Trinajstić information content (AvgIpc) is 2.70. The predicted molar refractivity (Wildman–Crippen MR) is 79.1 cm³/mol. The van der Waals surface area contributed by atoms with Gasteiger partial charge >= 0.3 is 0 Å². The summed E-state index contributed by atoms with van der Waals surface area (Å²) in [5.74, 6) is 2.99. The van der Waals surface area contributed by atoms with Crippen molar-refractivity contribution in [2.75, 3.05) is 14.1 Å². The molecule has 1 saturated carbocycles. The quantitative estimate of drug-likeness (QED) is 0.884. The van der Waals surface area contributed by atoms with Crippen LogP contribution in [0.3, 0.4) is 0 Å². The van der Waals surface area contributed by atoms with Gasteiger partial charge in [0.2, 0.25) is 0 Å². The van der Waals surface area contributed by atoms with Gasteiger partial charge in [-0.05, 0) is 45.8 Å². The van der Waals surface area contributed by atoms with Crippen molar-refractivity contribution in [1.82, 2.24) is 10.2 Å². The lowest BCUT2D eigenvalue weighted by Crippen LogP contribution is -2.35. The van der Waals surface area contributed by atoms with Crippen LogP contribution in [0.1, 0.15) is 49.7 Å². The molecule has 19 heavy (non-hydrogen) atoms. The SMILES string of the molecule is CNCc1cc(CN(C)C2CCCC(C)C2)c(C)o1. The van der Waals surface area contributed by atoms with E-state index in [1.54, 1.807) is 0 Å². The standard InChI is InChI=1S/C16H28N2O/c1-12-6-5-7-15(8-12)18(4)11-14-9-16(10-17-3)19-13(14)2/h9,12,15,17H,5-8,10-11H2,1-4H3. The largest absolute Gasteiger partial charge is 0.465 e. The maximum absolute atomic E-state index is 5.78. The molecule has 1 N–H and O–H groups in total. The van der Waals surface area contributed by atoms with E-state index < -0.39 is 0 Å². The van der Waals surface area contributed by atoms with Gasteiger partial charge in [-0.15, -0.1) is 0 Å². The van der Waals surface area contributed by atoms with E-state index in [1.165, 1.54) is 31.2 Å². The van der Waals surface area contributed by atoms with Gasteiger partial charge in [-0.2, -0.15) is 0 Å². The fourth-order valence-electron chi connectivity index (χ4n) is 3.21. The molecule has 0 amide bonds. The number of rotatable bonds is 5. The van der Waals surface area contributed by atoms with Crippen LogP contribution in [0.25, 0.3) is 0 Å². The molecule has 3 nitrogen and oxygen atoms in total. The molecule has 0 saturated heterocycles. The molecule has 0 bridgehead atoms. The summed E-state index contributed by atoms with van der Waals surface area (Å²) in [6.45, 7) is 6.28. The molecular weight excluding hydrogens is 236 g/mol. The molecule has 2 atom stereocenters. The second-order valence-corrected chi connectivity index (χ2v) is 6.17. The first-order chi connectivity index (χ1) is 9.10. The Hall–Kier alpha value is -0.800. The van der Waals surface area contributed by atoms with Crippen molar-refractivity contribution in [3.63, 3.8) is 0 Å². The van der Waals surface area contributed by atoms with Crippen LogP contribution in [0.4, 0.5) is 0 Å². The van der Waals surface area contributed by atoms with Crippen molar-refractivity contribution in [2.45, 2.75) is 58.7 Å². The number of nitrogens with one attached hydrogen (secondary N) is 1. The normalized spacial score (nSPS) is 24.1. The molecule has 2 rings (SSSR count). The molecular formula is C16H28N2O. The van der Waals surface area contributed by atoms with E-state index in [0.717, 1.165) is 36.6 Å². The molecule has 1 heterocycles. The van der Waals surface area contributed by atoms with Crippen molar-refractivity contribution in [3.05, 3.63) is 23.2 Å². The molecule has 3 heteroatoms.